The first-order valence-electron chi connectivity index (χ1n) is 8.83. The molecule has 0 aliphatic carbocycles. The van der Waals surface area contributed by atoms with Gasteiger partial charge in [0.05, 0.1) is 5.56 Å². The Labute approximate surface area is 178 Å². The van der Waals surface area contributed by atoms with E-state index >= 15 is 0 Å². The number of sulfonamides is 2. The van der Waals surface area contributed by atoms with Crippen LogP contribution < -0.4 is 27.1 Å². The number of anilines is 1. The van der Waals surface area contributed by atoms with Crippen LogP contribution in [0.4, 0.5) is 5.69 Å². The fourth-order valence-corrected chi connectivity index (χ4v) is 5.56. The molecule has 0 unspecified atom stereocenters. The highest BCUT2D eigenvalue weighted by atomic mass is 32.2. The Morgan fingerprint density at radius 1 is 1.13 bits per heavy atom. The average Bonchev–Trinajstić information content (AvgIpc) is 3.25. The lowest BCUT2D eigenvalue weighted by atomic mass is 9.99. The molecule has 2 aromatic rings. The van der Waals surface area contributed by atoms with Gasteiger partial charge in [-0.3, -0.25) is 4.98 Å². The van der Waals surface area contributed by atoms with Crippen LogP contribution in [0.3, 0.4) is 0 Å². The minimum atomic E-state index is -4.59. The number of hydrogen-bond donors (Lipinski definition) is 5. The van der Waals surface area contributed by atoms with Crippen LogP contribution in [-0.2, 0) is 20.0 Å². The van der Waals surface area contributed by atoms with Gasteiger partial charge in [0, 0.05) is 42.8 Å². The van der Waals surface area contributed by atoms with E-state index in [1.165, 1.54) is 24.5 Å². The lowest BCUT2D eigenvalue weighted by Gasteiger charge is -2.18. The van der Waals surface area contributed by atoms with Crippen molar-refractivity contribution in [1.29, 1.82) is 0 Å². The number of nitrogens with two attached hydrogens (primary N) is 4. The van der Waals surface area contributed by atoms with Crippen molar-refractivity contribution in [2.45, 2.75) is 15.8 Å². The second-order valence-corrected chi connectivity index (χ2v) is 9.77. The van der Waals surface area contributed by atoms with Crippen molar-refractivity contribution in [3.05, 3.63) is 36.2 Å². The molecule has 0 radical (unpaired) electrons. The monoisotopic (exact) mass is 467 g/mol. The van der Waals surface area contributed by atoms with Crippen molar-refractivity contribution in [2.24, 2.45) is 31.8 Å². The molecule has 1 aromatic heterocycles. The number of azo groups is 1. The molecule has 0 bridgehead atoms. The number of primary sulfonamides is 1. The number of nitrogen functional groups attached to an aromatic ring is 1. The van der Waals surface area contributed by atoms with Gasteiger partial charge in [-0.15, -0.1) is 5.11 Å². The number of nitrogens with one attached hydrogen (secondary N) is 1. The van der Waals surface area contributed by atoms with Crippen LogP contribution in [-0.4, -0.2) is 53.5 Å². The van der Waals surface area contributed by atoms with E-state index in [0.717, 1.165) is 6.07 Å². The number of amidine groups is 1. The van der Waals surface area contributed by atoms with Gasteiger partial charge in [0.1, 0.15) is 9.79 Å². The SMILES string of the molecule is NC[C@H](N)CNS(=O)(=O)c1ccc(-c2cnccc2N)c(C2=NCN=N2)c1S(N)(=O)=O. The van der Waals surface area contributed by atoms with E-state index in [1.807, 2.05) is 0 Å². The standard InChI is InChI=1S/C16H21N9O4S2/c17-5-9(18)6-24-31(28,29)13-2-1-10(11-7-21-4-3-12(11)19)14(15(13)30(20,26)27)16-22-8-23-25-16/h1-4,7,9,24H,5-6,8,17-18H2,(H2,19,21)(H2,20,26,27)/t9-/m0/s1. The lowest BCUT2D eigenvalue weighted by Crippen LogP contribution is -2.42. The van der Waals surface area contributed by atoms with E-state index < -0.39 is 35.9 Å². The van der Waals surface area contributed by atoms with E-state index in [1.54, 1.807) is 0 Å². The van der Waals surface area contributed by atoms with Gasteiger partial charge < -0.3 is 17.2 Å². The maximum Gasteiger partial charge on any atom is 0.241 e. The predicted molar refractivity (Wildman–Crippen MR) is 114 cm³/mol. The zero-order chi connectivity index (χ0) is 22.8. The number of pyridine rings is 1. The fraction of sp³-hybridized carbons (Fsp3) is 0.250. The van der Waals surface area contributed by atoms with Gasteiger partial charge in [-0.25, -0.2) is 31.7 Å². The topological polar surface area (TPSA) is 234 Å². The summed E-state index contributed by atoms with van der Waals surface area (Å²) in [6.45, 7) is -0.246. The van der Waals surface area contributed by atoms with Gasteiger partial charge in [-0.05, 0) is 17.7 Å². The fourth-order valence-electron chi connectivity index (χ4n) is 2.87. The minimum Gasteiger partial charge on any atom is -0.398 e. The molecule has 2 heterocycles. The zero-order valence-electron chi connectivity index (χ0n) is 16.1. The molecule has 15 heteroatoms. The predicted octanol–water partition coefficient (Wildman–Crippen LogP) is -1.29. The molecule has 1 aliphatic heterocycles. The van der Waals surface area contributed by atoms with Crippen LogP contribution in [0.2, 0.25) is 0 Å². The summed E-state index contributed by atoms with van der Waals surface area (Å²) < 4.78 is 53.3. The summed E-state index contributed by atoms with van der Waals surface area (Å²) in [6.07, 6.45) is 2.86. The molecule has 0 amide bonds. The first-order valence-corrected chi connectivity index (χ1v) is 11.9. The number of nitrogens with zero attached hydrogens (tertiary/aromatic N) is 4. The maximum absolute atomic E-state index is 12.9. The Kier molecular flexibility index (Phi) is 6.44. The number of benzene rings is 1. The number of aromatic nitrogens is 1. The first kappa shape index (κ1) is 22.9. The molecule has 1 aromatic carbocycles. The summed E-state index contributed by atoms with van der Waals surface area (Å²) >= 11 is 0. The summed E-state index contributed by atoms with van der Waals surface area (Å²) in [5.74, 6) is -0.0991. The van der Waals surface area contributed by atoms with Crippen molar-refractivity contribution in [3.8, 4) is 11.1 Å². The van der Waals surface area contributed by atoms with Gasteiger partial charge in [0.2, 0.25) is 20.0 Å². The van der Waals surface area contributed by atoms with Crippen LogP contribution in [0, 0.1) is 0 Å². The van der Waals surface area contributed by atoms with Crippen LogP contribution >= 0.6 is 0 Å². The normalized spacial score (nSPS) is 15.1. The average molecular weight is 468 g/mol. The Morgan fingerprint density at radius 3 is 2.45 bits per heavy atom. The van der Waals surface area contributed by atoms with E-state index in [4.69, 9.17) is 22.3 Å². The molecule has 166 valence electrons. The molecule has 0 spiro atoms. The third kappa shape index (κ3) is 4.76. The van der Waals surface area contributed by atoms with Crippen molar-refractivity contribution in [1.82, 2.24) is 9.71 Å². The van der Waals surface area contributed by atoms with Gasteiger partial charge in [-0.2, -0.15) is 5.11 Å². The third-order valence-corrected chi connectivity index (χ3v) is 6.94. The molecular weight excluding hydrogens is 446 g/mol. The quantitative estimate of drug-likeness (QED) is 0.312. The van der Waals surface area contributed by atoms with Crippen molar-refractivity contribution in [3.63, 3.8) is 0 Å². The molecule has 31 heavy (non-hydrogen) atoms. The Bertz CT molecular complexity index is 1270. The van der Waals surface area contributed by atoms with Crippen LogP contribution in [0.5, 0.6) is 0 Å². The Morgan fingerprint density at radius 2 is 1.87 bits per heavy atom. The Balaban J connectivity index is 2.34. The third-order valence-electron chi connectivity index (χ3n) is 4.35. The molecule has 3 rings (SSSR count). The lowest BCUT2D eigenvalue weighted by molar-refractivity contribution is 0.563. The summed E-state index contributed by atoms with van der Waals surface area (Å²) in [6, 6.07) is 3.32. The summed E-state index contributed by atoms with van der Waals surface area (Å²) in [5, 5.41) is 13.0. The van der Waals surface area contributed by atoms with Gasteiger partial charge in [0.15, 0.2) is 12.5 Å². The number of hydrogen-bond acceptors (Lipinski definition) is 11. The van der Waals surface area contributed by atoms with Gasteiger partial charge >= 0.3 is 0 Å². The minimum absolute atomic E-state index is 0.0201. The zero-order valence-corrected chi connectivity index (χ0v) is 17.8. The molecular formula is C16H21N9O4S2. The van der Waals surface area contributed by atoms with E-state index in [-0.39, 0.29) is 42.4 Å². The van der Waals surface area contributed by atoms with Gasteiger partial charge in [-0.1, -0.05) is 6.07 Å². The molecule has 1 atom stereocenters. The highest BCUT2D eigenvalue weighted by molar-refractivity contribution is 7.92. The molecule has 0 saturated carbocycles. The highest BCUT2D eigenvalue weighted by Gasteiger charge is 2.33. The highest BCUT2D eigenvalue weighted by Crippen LogP contribution is 2.36. The molecule has 13 nitrogen and oxygen atoms in total. The largest absolute Gasteiger partial charge is 0.398 e. The van der Waals surface area contributed by atoms with Crippen LogP contribution in [0.1, 0.15) is 5.56 Å². The van der Waals surface area contributed by atoms with Crippen molar-refractivity contribution < 1.29 is 16.8 Å². The number of rotatable bonds is 8. The van der Waals surface area contributed by atoms with E-state index in [2.05, 4.69) is 24.9 Å². The number of aliphatic imine (C=N–C) groups is 1. The van der Waals surface area contributed by atoms with Crippen LogP contribution in [0.15, 0.2) is 55.6 Å². The van der Waals surface area contributed by atoms with E-state index in [9.17, 15) is 16.8 Å². The van der Waals surface area contributed by atoms with E-state index in [0.29, 0.717) is 5.56 Å². The van der Waals surface area contributed by atoms with Gasteiger partial charge in [0.25, 0.3) is 0 Å². The summed E-state index contributed by atoms with van der Waals surface area (Å²) in [5.41, 5.74) is 17.8. The molecule has 1 aliphatic rings. The van der Waals surface area contributed by atoms with Crippen molar-refractivity contribution in [2.75, 3.05) is 25.5 Å². The smallest absolute Gasteiger partial charge is 0.241 e. The second-order valence-electron chi connectivity index (χ2n) is 6.54. The summed E-state index contributed by atoms with van der Waals surface area (Å²) in [4.78, 5) is 6.77. The Hall–Kier alpha value is -2.82. The van der Waals surface area contributed by atoms with Crippen molar-refractivity contribution >= 4 is 31.6 Å². The summed E-state index contributed by atoms with van der Waals surface area (Å²) in [7, 11) is -8.95. The van der Waals surface area contributed by atoms with Crippen LogP contribution in [0.25, 0.3) is 11.1 Å². The molecule has 0 saturated heterocycles. The second kappa shape index (κ2) is 8.74. The molecule has 9 N–H and O–H groups in total. The first-order chi connectivity index (χ1) is 14.6. The maximum atomic E-state index is 12.9. The molecule has 0 fully saturated rings.